The van der Waals surface area contributed by atoms with Gasteiger partial charge in [-0.3, -0.25) is 9.69 Å². The topological polar surface area (TPSA) is 79.4 Å². The molecule has 8 nitrogen and oxygen atoms in total. The molecule has 4 rings (SSSR count). The molecule has 1 aromatic rings. The number of hydrogen-bond donors (Lipinski definition) is 0. The number of nitrogens with zero attached hydrogens (tertiary/aromatic N) is 3. The Morgan fingerprint density at radius 3 is 2.41 bits per heavy atom. The van der Waals surface area contributed by atoms with Crippen molar-refractivity contribution in [3.8, 4) is 5.75 Å². The van der Waals surface area contributed by atoms with Crippen molar-refractivity contribution < 1.29 is 22.7 Å². The largest absolute Gasteiger partial charge is 0.495 e. The number of carbonyl (C=O) groups excluding carboxylic acids is 1. The van der Waals surface area contributed by atoms with E-state index in [2.05, 4.69) is 4.90 Å². The van der Waals surface area contributed by atoms with Gasteiger partial charge in [-0.15, -0.1) is 0 Å². The summed E-state index contributed by atoms with van der Waals surface area (Å²) in [4.78, 5) is 17.3. The van der Waals surface area contributed by atoms with E-state index in [4.69, 9.17) is 9.47 Å². The molecular formula is C20H29N3O5S. The molecule has 1 saturated carbocycles. The van der Waals surface area contributed by atoms with Crippen molar-refractivity contribution in [3.05, 3.63) is 23.8 Å². The van der Waals surface area contributed by atoms with Gasteiger partial charge in [-0.2, -0.15) is 4.31 Å². The normalized spacial score (nSPS) is 21.9. The summed E-state index contributed by atoms with van der Waals surface area (Å²) in [5.41, 5.74) is 0.383. The molecule has 2 saturated heterocycles. The molecule has 0 spiro atoms. The zero-order chi connectivity index (χ0) is 20.4. The minimum Gasteiger partial charge on any atom is -0.495 e. The number of piperazine rings is 1. The third-order valence-electron chi connectivity index (χ3n) is 5.87. The number of methoxy groups -OCH3 is 1. The number of ether oxygens (including phenoxy) is 2. The number of carbonyl (C=O) groups is 1. The van der Waals surface area contributed by atoms with Crippen LogP contribution in [0.2, 0.25) is 0 Å². The Labute approximate surface area is 172 Å². The van der Waals surface area contributed by atoms with E-state index in [1.807, 2.05) is 4.90 Å². The molecule has 0 N–H and O–H groups in total. The van der Waals surface area contributed by atoms with Crippen LogP contribution in [0, 0.1) is 5.92 Å². The van der Waals surface area contributed by atoms with E-state index in [0.29, 0.717) is 45.0 Å². The Morgan fingerprint density at radius 1 is 1.10 bits per heavy atom. The van der Waals surface area contributed by atoms with Gasteiger partial charge in [-0.1, -0.05) is 0 Å². The van der Waals surface area contributed by atoms with Gasteiger partial charge in [-0.25, -0.2) is 8.42 Å². The van der Waals surface area contributed by atoms with Gasteiger partial charge < -0.3 is 14.4 Å². The number of hydrogen-bond acceptors (Lipinski definition) is 6. The monoisotopic (exact) mass is 423 g/mol. The molecular weight excluding hydrogens is 394 g/mol. The summed E-state index contributed by atoms with van der Waals surface area (Å²) in [6.45, 7) is 5.54. The van der Waals surface area contributed by atoms with Crippen LogP contribution >= 0.6 is 0 Å². The minimum atomic E-state index is -3.76. The summed E-state index contributed by atoms with van der Waals surface area (Å²) in [5.74, 6) is 0.964. The highest BCUT2D eigenvalue weighted by Gasteiger charge is 2.32. The van der Waals surface area contributed by atoms with Gasteiger partial charge in [0, 0.05) is 51.4 Å². The van der Waals surface area contributed by atoms with Crippen LogP contribution in [-0.2, 0) is 14.8 Å². The number of morpholine rings is 1. The van der Waals surface area contributed by atoms with Gasteiger partial charge >= 0.3 is 0 Å². The molecule has 0 radical (unpaired) electrons. The van der Waals surface area contributed by atoms with Crippen molar-refractivity contribution in [3.63, 3.8) is 0 Å². The smallest absolute Gasteiger partial charge is 0.253 e. The predicted octanol–water partition coefficient (Wildman–Crippen LogP) is 0.884. The zero-order valence-corrected chi connectivity index (χ0v) is 17.7. The minimum absolute atomic E-state index is 0.0418. The summed E-state index contributed by atoms with van der Waals surface area (Å²) in [6.07, 6.45) is 2.65. The fraction of sp³-hybridized carbons (Fsp3) is 0.650. The molecule has 1 amide bonds. The van der Waals surface area contributed by atoms with Crippen LogP contribution in [0.4, 0.5) is 0 Å². The van der Waals surface area contributed by atoms with Gasteiger partial charge in [0.1, 0.15) is 10.6 Å². The standard InChI is InChI=1S/C20H29N3O5S/c1-27-18-5-4-17(14-19(18)29(25,26)23-10-12-28-13-11-23)20(24)22-8-6-21(7-9-22)15-16-2-3-16/h4-5,14,16H,2-3,6-13,15H2,1H3. The molecule has 160 valence electrons. The van der Waals surface area contributed by atoms with Crippen LogP contribution in [0.1, 0.15) is 23.2 Å². The first kappa shape index (κ1) is 20.6. The van der Waals surface area contributed by atoms with Gasteiger partial charge in [0.05, 0.1) is 20.3 Å². The Hall–Kier alpha value is -1.68. The summed E-state index contributed by atoms with van der Waals surface area (Å²) >= 11 is 0. The molecule has 0 atom stereocenters. The third-order valence-corrected chi connectivity index (χ3v) is 7.79. The van der Waals surface area contributed by atoms with E-state index in [-0.39, 0.29) is 16.6 Å². The van der Waals surface area contributed by atoms with Crippen LogP contribution in [0.3, 0.4) is 0 Å². The highest BCUT2D eigenvalue weighted by atomic mass is 32.2. The van der Waals surface area contributed by atoms with Crippen LogP contribution in [-0.4, -0.2) is 94.6 Å². The third kappa shape index (κ3) is 4.58. The average molecular weight is 424 g/mol. The van der Waals surface area contributed by atoms with Crippen molar-refractivity contribution in [1.82, 2.24) is 14.1 Å². The molecule has 0 aromatic heterocycles. The maximum absolute atomic E-state index is 13.1. The first-order valence-electron chi connectivity index (χ1n) is 10.3. The van der Waals surface area contributed by atoms with E-state index in [0.717, 1.165) is 25.6 Å². The van der Waals surface area contributed by atoms with Crippen LogP contribution in [0.25, 0.3) is 0 Å². The average Bonchev–Trinajstić information content (AvgIpc) is 3.58. The van der Waals surface area contributed by atoms with Crippen molar-refractivity contribution in [2.75, 3.05) is 66.1 Å². The van der Waals surface area contributed by atoms with Gasteiger partial charge in [-0.05, 0) is 37.0 Å². The molecule has 1 aromatic carbocycles. The molecule has 29 heavy (non-hydrogen) atoms. The van der Waals surface area contributed by atoms with Crippen LogP contribution in [0.5, 0.6) is 5.75 Å². The second-order valence-corrected chi connectivity index (χ2v) is 9.82. The fourth-order valence-corrected chi connectivity index (χ4v) is 5.51. The lowest BCUT2D eigenvalue weighted by molar-refractivity contribution is 0.0631. The Balaban J connectivity index is 1.50. The van der Waals surface area contributed by atoms with Crippen molar-refractivity contribution in [2.45, 2.75) is 17.7 Å². The lowest BCUT2D eigenvalue weighted by Gasteiger charge is -2.35. The fourth-order valence-electron chi connectivity index (χ4n) is 3.92. The second-order valence-electron chi connectivity index (χ2n) is 7.92. The number of sulfonamides is 1. The molecule has 2 heterocycles. The van der Waals surface area contributed by atoms with Gasteiger partial charge in [0.15, 0.2) is 0 Å². The highest BCUT2D eigenvalue weighted by molar-refractivity contribution is 7.89. The molecule has 3 fully saturated rings. The first-order chi connectivity index (χ1) is 14.0. The number of amides is 1. The summed E-state index contributed by atoms with van der Waals surface area (Å²) in [6, 6.07) is 4.68. The van der Waals surface area contributed by atoms with Crippen LogP contribution < -0.4 is 4.74 Å². The Kier molecular flexibility index (Phi) is 6.10. The highest BCUT2D eigenvalue weighted by Crippen LogP contribution is 2.31. The molecule has 9 heteroatoms. The molecule has 0 unspecified atom stereocenters. The summed E-state index contributed by atoms with van der Waals surface area (Å²) < 4.78 is 38.2. The van der Waals surface area contributed by atoms with Crippen molar-refractivity contribution in [1.29, 1.82) is 0 Å². The zero-order valence-electron chi connectivity index (χ0n) is 16.9. The van der Waals surface area contributed by atoms with Crippen molar-refractivity contribution in [2.24, 2.45) is 5.92 Å². The second kappa shape index (κ2) is 8.59. The quantitative estimate of drug-likeness (QED) is 0.676. The number of rotatable bonds is 6. The lowest BCUT2D eigenvalue weighted by Crippen LogP contribution is -2.49. The Morgan fingerprint density at radius 2 is 1.79 bits per heavy atom. The Bertz CT molecular complexity index is 842. The maximum Gasteiger partial charge on any atom is 0.253 e. The SMILES string of the molecule is COc1ccc(C(=O)N2CCN(CC3CC3)CC2)cc1S(=O)(=O)N1CCOCC1. The van der Waals surface area contributed by atoms with E-state index in [9.17, 15) is 13.2 Å². The number of benzene rings is 1. The summed E-state index contributed by atoms with van der Waals surface area (Å²) in [5, 5.41) is 0. The molecule has 0 bridgehead atoms. The summed E-state index contributed by atoms with van der Waals surface area (Å²) in [7, 11) is -2.32. The van der Waals surface area contributed by atoms with Crippen LogP contribution in [0.15, 0.2) is 23.1 Å². The molecule has 2 aliphatic heterocycles. The maximum atomic E-state index is 13.1. The first-order valence-corrected chi connectivity index (χ1v) is 11.7. The van der Waals surface area contributed by atoms with E-state index < -0.39 is 10.0 Å². The van der Waals surface area contributed by atoms with E-state index in [1.54, 1.807) is 12.1 Å². The van der Waals surface area contributed by atoms with Gasteiger partial charge in [0.25, 0.3) is 5.91 Å². The lowest BCUT2D eigenvalue weighted by atomic mass is 10.1. The van der Waals surface area contributed by atoms with Crippen molar-refractivity contribution >= 4 is 15.9 Å². The van der Waals surface area contributed by atoms with E-state index in [1.165, 1.54) is 30.3 Å². The predicted molar refractivity (Wildman–Crippen MR) is 108 cm³/mol. The van der Waals surface area contributed by atoms with Gasteiger partial charge in [0.2, 0.25) is 10.0 Å². The molecule has 3 aliphatic rings. The van der Waals surface area contributed by atoms with E-state index >= 15 is 0 Å². The molecule has 1 aliphatic carbocycles.